The molecule has 26 heavy (non-hydrogen) atoms. The van der Waals surface area contributed by atoms with Crippen molar-refractivity contribution in [3.05, 3.63) is 52.2 Å². The minimum absolute atomic E-state index is 0.0662. The van der Waals surface area contributed by atoms with Crippen LogP contribution in [0, 0.1) is 0 Å². The number of benzene rings is 1. The molecule has 2 heterocycles. The quantitative estimate of drug-likeness (QED) is 0.704. The Labute approximate surface area is 159 Å². The smallest absolute Gasteiger partial charge is 0.288 e. The van der Waals surface area contributed by atoms with Gasteiger partial charge in [-0.1, -0.05) is 30.0 Å². The van der Waals surface area contributed by atoms with Crippen LogP contribution < -0.4 is 0 Å². The molecule has 1 aliphatic heterocycles. The number of alkyl halides is 2. The second-order valence-corrected chi connectivity index (χ2v) is 10.1. The van der Waals surface area contributed by atoms with Gasteiger partial charge in [-0.05, 0) is 30.0 Å². The Kier molecular flexibility index (Phi) is 5.99. The number of thiophene rings is 1. The molecule has 140 valence electrons. The summed E-state index contributed by atoms with van der Waals surface area (Å²) in [5.41, 5.74) is 0.185. The normalized spacial score (nSPS) is 20.1. The second-order valence-electron chi connectivity index (χ2n) is 5.83. The van der Waals surface area contributed by atoms with Crippen molar-refractivity contribution in [2.24, 2.45) is 0 Å². The van der Waals surface area contributed by atoms with E-state index in [1.165, 1.54) is 28.4 Å². The topological polar surface area (TPSA) is 54.5 Å². The molecule has 3 rings (SSSR count). The molecule has 1 aromatic heterocycles. The molecule has 0 N–H and O–H groups in total. The Morgan fingerprint density at radius 1 is 1.19 bits per heavy atom. The summed E-state index contributed by atoms with van der Waals surface area (Å²) >= 11 is 1.71. The third-order valence-electron chi connectivity index (χ3n) is 4.22. The van der Waals surface area contributed by atoms with Crippen LogP contribution in [0.2, 0.25) is 0 Å². The molecule has 1 amide bonds. The van der Waals surface area contributed by atoms with Gasteiger partial charge in [-0.25, -0.2) is 8.42 Å². The summed E-state index contributed by atoms with van der Waals surface area (Å²) in [5, 5.41) is 1.21. The molecule has 0 bridgehead atoms. The number of carbonyl (C=O) groups is 1. The SMILES string of the molecule is O=C(c1ccccc1SC(F)F)N1CCC(c2cccs2)S(=O)(=O)CC1. The Morgan fingerprint density at radius 2 is 1.96 bits per heavy atom. The number of thioether (sulfide) groups is 1. The summed E-state index contributed by atoms with van der Waals surface area (Å²) < 4.78 is 50.6. The minimum atomic E-state index is -3.37. The molecule has 1 unspecified atom stereocenters. The zero-order valence-electron chi connectivity index (χ0n) is 13.7. The molecule has 4 nitrogen and oxygen atoms in total. The molecule has 0 saturated carbocycles. The van der Waals surface area contributed by atoms with Gasteiger partial charge in [0.2, 0.25) is 0 Å². The molecule has 1 fully saturated rings. The third-order valence-corrected chi connectivity index (χ3v) is 8.25. The maximum atomic E-state index is 12.8. The summed E-state index contributed by atoms with van der Waals surface area (Å²) in [4.78, 5) is 15.3. The summed E-state index contributed by atoms with van der Waals surface area (Å²) in [5.74, 6) is -3.17. The number of hydrogen-bond donors (Lipinski definition) is 0. The average Bonchev–Trinajstić information content (AvgIpc) is 3.06. The van der Waals surface area contributed by atoms with E-state index in [9.17, 15) is 22.0 Å². The van der Waals surface area contributed by atoms with Gasteiger partial charge in [0, 0.05) is 22.9 Å². The van der Waals surface area contributed by atoms with Crippen LogP contribution in [0.3, 0.4) is 0 Å². The zero-order chi connectivity index (χ0) is 18.7. The molecule has 0 aliphatic carbocycles. The van der Waals surface area contributed by atoms with Crippen LogP contribution in [0.4, 0.5) is 8.78 Å². The first kappa shape index (κ1) is 19.3. The lowest BCUT2D eigenvalue weighted by Gasteiger charge is -2.21. The Morgan fingerprint density at radius 3 is 2.65 bits per heavy atom. The highest BCUT2D eigenvalue weighted by Gasteiger charge is 2.34. The Hall–Kier alpha value is -1.45. The largest absolute Gasteiger partial charge is 0.338 e. The summed E-state index contributed by atoms with van der Waals surface area (Å²) in [6.45, 7) is 0.338. The standard InChI is InChI=1S/C17H17F2NO3S3/c18-17(19)25-13-5-2-1-4-12(13)16(21)20-8-7-15(14-6-3-10-24-14)26(22,23)11-9-20/h1-6,10,15,17H,7-9,11H2. The van der Waals surface area contributed by atoms with E-state index in [0.29, 0.717) is 18.2 Å². The highest BCUT2D eigenvalue weighted by atomic mass is 32.2. The maximum absolute atomic E-state index is 12.8. The van der Waals surface area contributed by atoms with E-state index in [4.69, 9.17) is 0 Å². The highest BCUT2D eigenvalue weighted by molar-refractivity contribution is 7.99. The first-order valence-corrected chi connectivity index (χ1v) is 11.4. The Bertz CT molecular complexity index is 869. The lowest BCUT2D eigenvalue weighted by atomic mass is 10.1. The summed E-state index contributed by atoms with van der Waals surface area (Å²) in [7, 11) is -3.37. The lowest BCUT2D eigenvalue weighted by Crippen LogP contribution is -2.34. The van der Waals surface area contributed by atoms with Crippen molar-refractivity contribution in [1.29, 1.82) is 0 Å². The third kappa shape index (κ3) is 4.27. The van der Waals surface area contributed by atoms with Crippen molar-refractivity contribution in [2.45, 2.75) is 22.3 Å². The van der Waals surface area contributed by atoms with E-state index in [-0.39, 0.29) is 29.3 Å². The van der Waals surface area contributed by atoms with Crippen LogP contribution in [0.25, 0.3) is 0 Å². The second kappa shape index (κ2) is 8.06. The summed E-state index contributed by atoms with van der Waals surface area (Å²) in [6.07, 6.45) is 0.304. The molecule has 1 atom stereocenters. The Balaban J connectivity index is 1.82. The molecule has 1 aromatic carbocycles. The minimum Gasteiger partial charge on any atom is -0.338 e. The molecule has 1 aliphatic rings. The fourth-order valence-electron chi connectivity index (χ4n) is 2.95. The summed E-state index contributed by atoms with van der Waals surface area (Å²) in [6, 6.07) is 9.79. The van der Waals surface area contributed by atoms with Gasteiger partial charge in [-0.15, -0.1) is 11.3 Å². The monoisotopic (exact) mass is 417 g/mol. The van der Waals surface area contributed by atoms with E-state index in [0.717, 1.165) is 4.88 Å². The van der Waals surface area contributed by atoms with Gasteiger partial charge in [-0.2, -0.15) is 8.78 Å². The highest BCUT2D eigenvalue weighted by Crippen LogP contribution is 2.34. The first-order chi connectivity index (χ1) is 12.4. The molecule has 0 spiro atoms. The molecule has 9 heteroatoms. The fraction of sp³-hybridized carbons (Fsp3) is 0.353. The van der Waals surface area contributed by atoms with Crippen molar-refractivity contribution < 1.29 is 22.0 Å². The van der Waals surface area contributed by atoms with Gasteiger partial charge in [0.15, 0.2) is 9.84 Å². The van der Waals surface area contributed by atoms with E-state index in [2.05, 4.69) is 0 Å². The van der Waals surface area contributed by atoms with Crippen molar-refractivity contribution in [1.82, 2.24) is 4.90 Å². The van der Waals surface area contributed by atoms with Gasteiger partial charge in [0.25, 0.3) is 11.7 Å². The molecule has 2 aromatic rings. The van der Waals surface area contributed by atoms with E-state index in [1.807, 2.05) is 5.38 Å². The number of carbonyl (C=O) groups excluding carboxylic acids is 1. The van der Waals surface area contributed by atoms with E-state index in [1.54, 1.807) is 24.3 Å². The van der Waals surface area contributed by atoms with Gasteiger partial charge in [0.1, 0.15) is 0 Å². The number of nitrogens with zero attached hydrogens (tertiary/aromatic N) is 1. The fourth-order valence-corrected chi connectivity index (χ4v) is 6.59. The predicted octanol–water partition coefficient (Wildman–Crippen LogP) is 4.06. The molecule has 0 radical (unpaired) electrons. The van der Waals surface area contributed by atoms with Gasteiger partial charge in [-0.3, -0.25) is 4.79 Å². The van der Waals surface area contributed by atoms with Crippen molar-refractivity contribution >= 4 is 38.8 Å². The van der Waals surface area contributed by atoms with Crippen molar-refractivity contribution in [2.75, 3.05) is 18.8 Å². The number of amides is 1. The van der Waals surface area contributed by atoms with Crippen LogP contribution in [0.5, 0.6) is 0 Å². The van der Waals surface area contributed by atoms with Crippen LogP contribution in [-0.4, -0.2) is 43.8 Å². The van der Waals surface area contributed by atoms with Crippen molar-refractivity contribution in [3.63, 3.8) is 0 Å². The average molecular weight is 418 g/mol. The zero-order valence-corrected chi connectivity index (χ0v) is 16.1. The predicted molar refractivity (Wildman–Crippen MR) is 99.7 cm³/mol. The van der Waals surface area contributed by atoms with Gasteiger partial charge >= 0.3 is 0 Å². The molecular formula is C17H17F2NO3S3. The van der Waals surface area contributed by atoms with Gasteiger partial charge < -0.3 is 4.90 Å². The van der Waals surface area contributed by atoms with Crippen LogP contribution in [0.1, 0.15) is 26.9 Å². The maximum Gasteiger partial charge on any atom is 0.288 e. The number of sulfone groups is 1. The number of halogens is 2. The van der Waals surface area contributed by atoms with Crippen LogP contribution in [0.15, 0.2) is 46.7 Å². The van der Waals surface area contributed by atoms with Crippen LogP contribution >= 0.6 is 23.1 Å². The number of rotatable bonds is 4. The van der Waals surface area contributed by atoms with Crippen molar-refractivity contribution in [3.8, 4) is 0 Å². The van der Waals surface area contributed by atoms with Gasteiger partial charge in [0.05, 0.1) is 16.6 Å². The van der Waals surface area contributed by atoms with E-state index >= 15 is 0 Å². The lowest BCUT2D eigenvalue weighted by molar-refractivity contribution is 0.0763. The molecular weight excluding hydrogens is 400 g/mol. The number of hydrogen-bond acceptors (Lipinski definition) is 5. The first-order valence-electron chi connectivity index (χ1n) is 7.96. The van der Waals surface area contributed by atoms with E-state index < -0.39 is 26.8 Å². The molecule has 1 saturated heterocycles. The van der Waals surface area contributed by atoms with Crippen LogP contribution in [-0.2, 0) is 9.84 Å².